The summed E-state index contributed by atoms with van der Waals surface area (Å²) in [5, 5.41) is 0.709. The van der Waals surface area contributed by atoms with Crippen LogP contribution in [0.1, 0.15) is 22.3 Å². The molecule has 0 atom stereocenters. The number of carbonyl (C=O) groups is 1. The number of carbonyl (C=O) groups excluding carboxylic acids is 1. The largest absolute Gasteiger partial charge is 0.497 e. The molecule has 4 aromatic rings. The van der Waals surface area contributed by atoms with Gasteiger partial charge in [-0.1, -0.05) is 35.6 Å². The van der Waals surface area contributed by atoms with Gasteiger partial charge in [0.1, 0.15) is 5.75 Å². The van der Waals surface area contributed by atoms with Crippen molar-refractivity contribution < 1.29 is 9.53 Å². The second-order valence-electron chi connectivity index (χ2n) is 7.29. The Labute approximate surface area is 180 Å². The Bertz CT molecular complexity index is 1170. The molecule has 0 saturated heterocycles. The summed E-state index contributed by atoms with van der Waals surface area (Å²) in [7, 11) is 1.63. The zero-order valence-corrected chi connectivity index (χ0v) is 18.1. The fourth-order valence-corrected chi connectivity index (χ4v) is 4.46. The molecule has 1 amide bonds. The first-order chi connectivity index (χ1) is 14.5. The van der Waals surface area contributed by atoms with Crippen molar-refractivity contribution in [1.29, 1.82) is 0 Å². The minimum absolute atomic E-state index is 0.00236. The number of nitrogens with zero attached hydrogens (tertiary/aromatic N) is 3. The minimum atomic E-state index is -0.00236. The molecule has 2 heterocycles. The molecular weight excluding hydrogens is 394 g/mol. The Morgan fingerprint density at radius 1 is 1.10 bits per heavy atom. The molecule has 2 aromatic heterocycles. The van der Waals surface area contributed by atoms with E-state index in [1.807, 2.05) is 36.4 Å². The van der Waals surface area contributed by atoms with E-state index >= 15 is 0 Å². The molecule has 5 nitrogen and oxygen atoms in total. The van der Waals surface area contributed by atoms with Gasteiger partial charge in [-0.15, -0.1) is 0 Å². The number of thiazole rings is 1. The minimum Gasteiger partial charge on any atom is -0.497 e. The number of hydrogen-bond donors (Lipinski definition) is 0. The second kappa shape index (κ2) is 8.63. The Kier molecular flexibility index (Phi) is 5.77. The number of fused-ring (bicyclic) bond motifs is 1. The summed E-state index contributed by atoms with van der Waals surface area (Å²) in [6.07, 6.45) is 3.81. The Hall–Kier alpha value is -3.25. The van der Waals surface area contributed by atoms with Crippen molar-refractivity contribution in [3.8, 4) is 5.75 Å². The molecule has 0 bridgehead atoms. The van der Waals surface area contributed by atoms with E-state index in [-0.39, 0.29) is 12.3 Å². The quantitative estimate of drug-likeness (QED) is 0.438. The molecule has 0 unspecified atom stereocenters. The normalized spacial score (nSPS) is 10.9. The number of amides is 1. The van der Waals surface area contributed by atoms with Gasteiger partial charge in [0.15, 0.2) is 5.13 Å². The smallest absolute Gasteiger partial charge is 0.233 e. The van der Waals surface area contributed by atoms with Crippen LogP contribution in [0, 0.1) is 13.8 Å². The van der Waals surface area contributed by atoms with Crippen LogP contribution in [-0.4, -0.2) is 23.0 Å². The van der Waals surface area contributed by atoms with Crippen molar-refractivity contribution in [3.63, 3.8) is 0 Å². The third-order valence-corrected chi connectivity index (χ3v) is 6.15. The van der Waals surface area contributed by atoms with Crippen LogP contribution in [0.5, 0.6) is 5.75 Å². The van der Waals surface area contributed by atoms with E-state index < -0.39 is 0 Å². The Morgan fingerprint density at radius 3 is 2.60 bits per heavy atom. The van der Waals surface area contributed by atoms with Gasteiger partial charge in [-0.25, -0.2) is 4.98 Å². The van der Waals surface area contributed by atoms with Crippen molar-refractivity contribution in [1.82, 2.24) is 9.97 Å². The van der Waals surface area contributed by atoms with Gasteiger partial charge >= 0.3 is 0 Å². The second-order valence-corrected chi connectivity index (χ2v) is 8.27. The number of ether oxygens (including phenoxy) is 1. The molecule has 152 valence electrons. The van der Waals surface area contributed by atoms with Crippen LogP contribution >= 0.6 is 11.3 Å². The fourth-order valence-electron chi connectivity index (χ4n) is 3.43. The molecule has 0 radical (unpaired) electrons. The number of benzene rings is 2. The van der Waals surface area contributed by atoms with Gasteiger partial charge < -0.3 is 4.74 Å². The summed E-state index contributed by atoms with van der Waals surface area (Å²) in [4.78, 5) is 24.1. The van der Waals surface area contributed by atoms with Crippen molar-refractivity contribution in [2.24, 2.45) is 0 Å². The van der Waals surface area contributed by atoms with Crippen molar-refractivity contribution >= 4 is 32.6 Å². The first-order valence-electron chi connectivity index (χ1n) is 9.73. The number of aryl methyl sites for hydroxylation is 2. The number of pyridine rings is 1. The van der Waals surface area contributed by atoms with Gasteiger partial charge in [0.2, 0.25) is 5.91 Å². The van der Waals surface area contributed by atoms with E-state index in [0.29, 0.717) is 11.7 Å². The molecular formula is C24H23N3O2S. The van der Waals surface area contributed by atoms with Crippen LogP contribution in [-0.2, 0) is 17.8 Å². The average molecular weight is 418 g/mol. The molecule has 6 heteroatoms. The van der Waals surface area contributed by atoms with Crippen molar-refractivity contribution in [2.45, 2.75) is 26.8 Å². The summed E-state index contributed by atoms with van der Waals surface area (Å²) in [6, 6.07) is 15.7. The van der Waals surface area contributed by atoms with Crippen molar-refractivity contribution in [3.05, 3.63) is 83.2 Å². The van der Waals surface area contributed by atoms with Gasteiger partial charge in [0.25, 0.3) is 0 Å². The van der Waals surface area contributed by atoms with Gasteiger partial charge in [0, 0.05) is 12.4 Å². The molecule has 30 heavy (non-hydrogen) atoms. The van der Waals surface area contributed by atoms with Crippen molar-refractivity contribution in [2.75, 3.05) is 12.0 Å². The van der Waals surface area contributed by atoms with E-state index in [4.69, 9.17) is 9.72 Å². The fraction of sp³-hybridized carbons (Fsp3) is 0.208. The first kappa shape index (κ1) is 20.0. The van der Waals surface area contributed by atoms with E-state index in [2.05, 4.69) is 31.0 Å². The third kappa shape index (κ3) is 4.33. The maximum atomic E-state index is 13.3. The van der Waals surface area contributed by atoms with E-state index in [1.54, 1.807) is 35.7 Å². The lowest BCUT2D eigenvalue weighted by Gasteiger charge is -2.20. The highest BCUT2D eigenvalue weighted by Gasteiger charge is 2.21. The molecule has 4 rings (SSSR count). The predicted molar refractivity (Wildman–Crippen MR) is 121 cm³/mol. The molecule has 0 fully saturated rings. The van der Waals surface area contributed by atoms with Gasteiger partial charge in [-0.05, 0) is 60.4 Å². The standard InChI is InChI=1S/C24H23N3O2S/c1-16-11-17(2)23-21(12-16)26-24(30-23)27(15-19-5-4-10-25-14-19)22(28)13-18-6-8-20(29-3)9-7-18/h4-12,14H,13,15H2,1-3H3. The lowest BCUT2D eigenvalue weighted by molar-refractivity contribution is -0.118. The topological polar surface area (TPSA) is 55.3 Å². The molecule has 0 aliphatic rings. The lowest BCUT2D eigenvalue weighted by Crippen LogP contribution is -2.31. The maximum absolute atomic E-state index is 13.3. The Morgan fingerprint density at radius 2 is 1.90 bits per heavy atom. The summed E-state index contributed by atoms with van der Waals surface area (Å²) in [6.45, 7) is 4.58. The van der Waals surface area contributed by atoms with E-state index in [9.17, 15) is 4.79 Å². The SMILES string of the molecule is COc1ccc(CC(=O)N(Cc2cccnc2)c2nc3cc(C)cc(C)c3s2)cc1. The van der Waals surface area contributed by atoms with Crippen LogP contribution in [0.4, 0.5) is 5.13 Å². The third-order valence-electron chi connectivity index (χ3n) is 4.92. The Balaban J connectivity index is 1.68. The molecule has 0 aliphatic carbocycles. The number of aromatic nitrogens is 2. The zero-order valence-electron chi connectivity index (χ0n) is 17.3. The molecule has 0 aliphatic heterocycles. The molecule has 0 spiro atoms. The lowest BCUT2D eigenvalue weighted by atomic mass is 10.1. The maximum Gasteiger partial charge on any atom is 0.233 e. The molecule has 0 saturated carbocycles. The number of rotatable bonds is 6. The van der Waals surface area contributed by atoms with Crippen LogP contribution in [0.25, 0.3) is 10.2 Å². The highest BCUT2D eigenvalue weighted by atomic mass is 32.1. The summed E-state index contributed by atoms with van der Waals surface area (Å²) < 4.78 is 6.33. The number of methoxy groups -OCH3 is 1. The highest BCUT2D eigenvalue weighted by Crippen LogP contribution is 2.33. The molecule has 2 aromatic carbocycles. The predicted octanol–water partition coefficient (Wildman–Crippen LogP) is 5.09. The van der Waals surface area contributed by atoms with Gasteiger partial charge in [-0.2, -0.15) is 0 Å². The van der Waals surface area contributed by atoms with Crippen LogP contribution in [0.3, 0.4) is 0 Å². The average Bonchev–Trinajstić information content (AvgIpc) is 3.17. The van der Waals surface area contributed by atoms with E-state index in [0.717, 1.165) is 27.1 Å². The van der Waals surface area contributed by atoms with E-state index in [1.165, 1.54) is 11.1 Å². The first-order valence-corrected chi connectivity index (χ1v) is 10.5. The summed E-state index contributed by atoms with van der Waals surface area (Å²) in [5.41, 5.74) is 5.18. The summed E-state index contributed by atoms with van der Waals surface area (Å²) >= 11 is 1.56. The van der Waals surface area contributed by atoms with Crippen LogP contribution < -0.4 is 9.64 Å². The van der Waals surface area contributed by atoms with Gasteiger partial charge in [-0.3, -0.25) is 14.7 Å². The monoisotopic (exact) mass is 417 g/mol. The molecule has 0 N–H and O–H groups in total. The number of hydrogen-bond acceptors (Lipinski definition) is 5. The van der Waals surface area contributed by atoms with Gasteiger partial charge in [0.05, 0.1) is 30.3 Å². The highest BCUT2D eigenvalue weighted by molar-refractivity contribution is 7.22. The summed E-state index contributed by atoms with van der Waals surface area (Å²) in [5.74, 6) is 0.771. The van der Waals surface area contributed by atoms with Crippen LogP contribution in [0.2, 0.25) is 0 Å². The van der Waals surface area contributed by atoms with Crippen LogP contribution in [0.15, 0.2) is 60.9 Å². The zero-order chi connectivity index (χ0) is 21.1. The number of anilines is 1.